The Hall–Kier alpha value is -1.88. The molecule has 132 valence electrons. The number of aryl methyl sites for hydroxylation is 1. The Morgan fingerprint density at radius 1 is 1.29 bits per heavy atom. The molecule has 1 aliphatic rings. The minimum atomic E-state index is -0.515. The van der Waals surface area contributed by atoms with Gasteiger partial charge in [0.15, 0.2) is 0 Å². The van der Waals surface area contributed by atoms with Gasteiger partial charge in [0.25, 0.3) is 5.91 Å². The van der Waals surface area contributed by atoms with E-state index >= 15 is 0 Å². The van der Waals surface area contributed by atoms with Crippen LogP contribution in [0.2, 0.25) is 0 Å². The lowest BCUT2D eigenvalue weighted by Crippen LogP contribution is -2.51. The third-order valence-electron chi connectivity index (χ3n) is 4.90. The molecule has 2 rings (SSSR count). The zero-order valence-corrected chi connectivity index (χ0v) is 15.1. The van der Waals surface area contributed by atoms with Crippen LogP contribution in [0.25, 0.3) is 0 Å². The van der Waals surface area contributed by atoms with E-state index in [0.717, 1.165) is 12.0 Å². The van der Waals surface area contributed by atoms with Crippen LogP contribution in [-0.2, 0) is 4.79 Å². The van der Waals surface area contributed by atoms with Crippen LogP contribution in [0.1, 0.15) is 43.1 Å². The van der Waals surface area contributed by atoms with Crippen molar-refractivity contribution in [2.45, 2.75) is 40.2 Å². The predicted octanol–water partition coefficient (Wildman–Crippen LogP) is 1.95. The van der Waals surface area contributed by atoms with Crippen LogP contribution in [0.15, 0.2) is 24.3 Å². The first kappa shape index (κ1) is 18.5. The number of carbonyl (C=O) groups is 2. The van der Waals surface area contributed by atoms with E-state index < -0.39 is 6.04 Å². The Morgan fingerprint density at radius 2 is 1.92 bits per heavy atom. The van der Waals surface area contributed by atoms with Gasteiger partial charge in [-0.15, -0.1) is 0 Å². The summed E-state index contributed by atoms with van der Waals surface area (Å²) >= 11 is 0. The quantitative estimate of drug-likeness (QED) is 0.866. The number of hydrogen-bond acceptors (Lipinski definition) is 3. The average Bonchev–Trinajstić information content (AvgIpc) is 2.95. The molecule has 1 heterocycles. The minimum Gasteiger partial charge on any atom is -0.340 e. The predicted molar refractivity (Wildman–Crippen MR) is 95.6 cm³/mol. The van der Waals surface area contributed by atoms with Gasteiger partial charge < -0.3 is 16.0 Å². The summed E-state index contributed by atoms with van der Waals surface area (Å²) in [5, 5.41) is 2.91. The van der Waals surface area contributed by atoms with Gasteiger partial charge in [0.2, 0.25) is 5.91 Å². The van der Waals surface area contributed by atoms with Crippen molar-refractivity contribution in [3.63, 3.8) is 0 Å². The van der Waals surface area contributed by atoms with E-state index in [2.05, 4.69) is 12.2 Å². The number of benzene rings is 1. The molecule has 0 aliphatic carbocycles. The molecular formula is C19H29N3O2. The van der Waals surface area contributed by atoms with Gasteiger partial charge in [-0.1, -0.05) is 38.5 Å². The van der Waals surface area contributed by atoms with Crippen molar-refractivity contribution in [3.05, 3.63) is 35.4 Å². The number of nitrogens with one attached hydrogen (secondary N) is 1. The van der Waals surface area contributed by atoms with E-state index in [1.807, 2.05) is 37.8 Å². The molecule has 1 aromatic rings. The molecule has 0 radical (unpaired) electrons. The first-order chi connectivity index (χ1) is 11.3. The Labute approximate surface area is 144 Å². The average molecular weight is 331 g/mol. The van der Waals surface area contributed by atoms with Crippen LogP contribution >= 0.6 is 0 Å². The van der Waals surface area contributed by atoms with E-state index in [0.29, 0.717) is 25.2 Å². The number of carbonyl (C=O) groups excluding carboxylic acids is 2. The maximum atomic E-state index is 12.9. The van der Waals surface area contributed by atoms with Crippen molar-refractivity contribution >= 4 is 11.8 Å². The summed E-state index contributed by atoms with van der Waals surface area (Å²) < 4.78 is 0. The van der Waals surface area contributed by atoms with E-state index in [1.165, 1.54) is 0 Å². The largest absolute Gasteiger partial charge is 0.340 e. The van der Waals surface area contributed by atoms with Gasteiger partial charge in [-0.2, -0.15) is 0 Å². The fourth-order valence-electron chi connectivity index (χ4n) is 3.02. The fraction of sp³-hybridized carbons (Fsp3) is 0.579. The third kappa shape index (κ3) is 4.15. The van der Waals surface area contributed by atoms with Crippen LogP contribution in [-0.4, -0.2) is 42.4 Å². The first-order valence-electron chi connectivity index (χ1n) is 8.62. The molecule has 1 aromatic carbocycles. The number of amides is 2. The van der Waals surface area contributed by atoms with Crippen molar-refractivity contribution in [2.75, 3.05) is 19.6 Å². The molecule has 0 spiro atoms. The summed E-state index contributed by atoms with van der Waals surface area (Å²) in [6.45, 7) is 9.92. The molecule has 24 heavy (non-hydrogen) atoms. The van der Waals surface area contributed by atoms with Crippen molar-refractivity contribution in [1.82, 2.24) is 10.2 Å². The molecule has 2 atom stereocenters. The van der Waals surface area contributed by atoms with Gasteiger partial charge in [0.05, 0.1) is 0 Å². The highest BCUT2D eigenvalue weighted by Crippen LogP contribution is 2.29. The van der Waals surface area contributed by atoms with Crippen LogP contribution in [0.4, 0.5) is 0 Å². The summed E-state index contributed by atoms with van der Waals surface area (Å²) in [5.41, 5.74) is 7.49. The second-order valence-corrected chi connectivity index (χ2v) is 7.59. The third-order valence-corrected chi connectivity index (χ3v) is 4.90. The van der Waals surface area contributed by atoms with Crippen molar-refractivity contribution < 1.29 is 9.59 Å². The van der Waals surface area contributed by atoms with Gasteiger partial charge in [-0.05, 0) is 43.4 Å². The monoisotopic (exact) mass is 331 g/mol. The molecule has 1 fully saturated rings. The maximum Gasteiger partial charge on any atom is 0.251 e. The van der Waals surface area contributed by atoms with Gasteiger partial charge >= 0.3 is 0 Å². The molecule has 5 nitrogen and oxygen atoms in total. The molecule has 0 saturated carbocycles. The topological polar surface area (TPSA) is 75.4 Å². The van der Waals surface area contributed by atoms with Crippen LogP contribution in [0, 0.1) is 18.3 Å². The van der Waals surface area contributed by atoms with E-state index in [9.17, 15) is 9.59 Å². The Balaban J connectivity index is 2.08. The summed E-state index contributed by atoms with van der Waals surface area (Å²) in [6.07, 6.45) is 0.909. The molecule has 0 bridgehead atoms. The highest BCUT2D eigenvalue weighted by atomic mass is 16.2. The van der Waals surface area contributed by atoms with Crippen molar-refractivity contribution in [1.29, 1.82) is 0 Å². The Kier molecular flexibility index (Phi) is 5.65. The maximum absolute atomic E-state index is 12.9. The fourth-order valence-corrected chi connectivity index (χ4v) is 3.02. The van der Waals surface area contributed by atoms with Crippen molar-refractivity contribution in [3.8, 4) is 0 Å². The summed E-state index contributed by atoms with van der Waals surface area (Å²) in [7, 11) is 0. The van der Waals surface area contributed by atoms with Gasteiger partial charge in [0, 0.05) is 18.7 Å². The number of rotatable bonds is 5. The number of likely N-dealkylation sites (tertiary alicyclic amines) is 1. The molecule has 2 unspecified atom stereocenters. The highest BCUT2D eigenvalue weighted by molar-refractivity contribution is 5.97. The summed E-state index contributed by atoms with van der Waals surface area (Å²) in [5.74, 6) is -0.192. The molecule has 2 amide bonds. The van der Waals surface area contributed by atoms with Crippen LogP contribution < -0.4 is 11.1 Å². The molecular weight excluding hydrogens is 302 g/mol. The number of hydrogen-bond donors (Lipinski definition) is 2. The molecule has 0 aromatic heterocycles. The lowest BCUT2D eigenvalue weighted by molar-refractivity contribution is -0.133. The minimum absolute atomic E-state index is 0.0114. The van der Waals surface area contributed by atoms with E-state index in [4.69, 9.17) is 5.73 Å². The normalized spacial score (nSPS) is 21.8. The second kappa shape index (κ2) is 7.34. The Morgan fingerprint density at radius 3 is 2.42 bits per heavy atom. The first-order valence-corrected chi connectivity index (χ1v) is 8.62. The lowest BCUT2D eigenvalue weighted by atomic mass is 9.90. The summed E-state index contributed by atoms with van der Waals surface area (Å²) in [4.78, 5) is 27.2. The number of nitrogens with two attached hydrogens (primary N) is 1. The smallest absolute Gasteiger partial charge is 0.251 e. The molecule has 1 saturated heterocycles. The number of nitrogens with zero attached hydrogens (tertiary/aromatic N) is 1. The zero-order valence-electron chi connectivity index (χ0n) is 15.1. The second-order valence-electron chi connectivity index (χ2n) is 7.59. The molecule has 5 heteroatoms. The van der Waals surface area contributed by atoms with Gasteiger partial charge in [-0.3, -0.25) is 9.59 Å². The van der Waals surface area contributed by atoms with E-state index in [-0.39, 0.29) is 23.1 Å². The van der Waals surface area contributed by atoms with Crippen LogP contribution in [0.3, 0.4) is 0 Å². The Bertz CT molecular complexity index is 597. The SMILES string of the molecule is Cc1ccc(C(=O)NC(C(=O)N2CCC(C)(CN)C2)C(C)C)cc1. The van der Waals surface area contributed by atoms with Crippen LogP contribution in [0.5, 0.6) is 0 Å². The molecule has 3 N–H and O–H groups in total. The highest BCUT2D eigenvalue weighted by Gasteiger charge is 2.38. The van der Waals surface area contributed by atoms with Crippen molar-refractivity contribution in [2.24, 2.45) is 17.1 Å². The van der Waals surface area contributed by atoms with Gasteiger partial charge in [0.1, 0.15) is 6.04 Å². The lowest BCUT2D eigenvalue weighted by Gasteiger charge is -2.28. The standard InChI is InChI=1S/C19H29N3O2/c1-13(2)16(18(24)22-10-9-19(4,11-20)12-22)21-17(23)15-7-5-14(3)6-8-15/h5-8,13,16H,9-12,20H2,1-4H3,(H,21,23). The zero-order chi connectivity index (χ0) is 17.9. The van der Waals surface area contributed by atoms with E-state index in [1.54, 1.807) is 12.1 Å². The molecule has 1 aliphatic heterocycles. The summed E-state index contributed by atoms with van der Waals surface area (Å²) in [6, 6.07) is 6.85. The van der Waals surface area contributed by atoms with Gasteiger partial charge in [-0.25, -0.2) is 0 Å².